The van der Waals surface area contributed by atoms with Gasteiger partial charge in [-0.05, 0) is 35.9 Å². The van der Waals surface area contributed by atoms with Gasteiger partial charge in [-0.15, -0.1) is 0 Å². The number of hydrogen-bond donors (Lipinski definition) is 3. The minimum Gasteiger partial charge on any atom is -0.334 e. The first-order valence-corrected chi connectivity index (χ1v) is 9.85. The normalized spacial score (nSPS) is 10.5. The first-order valence-electron chi connectivity index (χ1n) is 9.03. The standard InChI is InChI=1S/C22H18N4O2S/c27-20(16-9-5-2-6-10-16)26-22-25-18-12-11-17(13-19(18)29-22)24-21(28)23-14-15-7-3-1-4-8-15/h1-13H,14H2,(H2,23,24,28)(H,25,26,27). The third-order valence-electron chi connectivity index (χ3n) is 4.20. The zero-order valence-electron chi connectivity index (χ0n) is 15.4. The van der Waals surface area contributed by atoms with E-state index in [2.05, 4.69) is 20.9 Å². The lowest BCUT2D eigenvalue weighted by Crippen LogP contribution is -2.28. The van der Waals surface area contributed by atoms with Crippen LogP contribution in [0.2, 0.25) is 0 Å². The highest BCUT2D eigenvalue weighted by atomic mass is 32.1. The summed E-state index contributed by atoms with van der Waals surface area (Å²) in [5, 5.41) is 8.98. The molecule has 0 atom stereocenters. The molecule has 0 aliphatic rings. The molecule has 0 saturated heterocycles. The van der Waals surface area contributed by atoms with Crippen LogP contribution in [0.15, 0.2) is 78.9 Å². The minimum atomic E-state index is -0.282. The molecule has 144 valence electrons. The van der Waals surface area contributed by atoms with Crippen molar-refractivity contribution < 1.29 is 9.59 Å². The Balaban J connectivity index is 1.40. The van der Waals surface area contributed by atoms with E-state index in [-0.39, 0.29) is 11.9 Å². The van der Waals surface area contributed by atoms with Crippen LogP contribution in [0.25, 0.3) is 10.2 Å². The molecular weight excluding hydrogens is 384 g/mol. The monoisotopic (exact) mass is 402 g/mol. The van der Waals surface area contributed by atoms with Crippen molar-refractivity contribution in [2.45, 2.75) is 6.54 Å². The third-order valence-corrected chi connectivity index (χ3v) is 5.13. The Hall–Kier alpha value is -3.71. The number of nitrogens with zero attached hydrogens (tertiary/aromatic N) is 1. The van der Waals surface area contributed by atoms with Crippen LogP contribution >= 0.6 is 11.3 Å². The van der Waals surface area contributed by atoms with E-state index in [1.807, 2.05) is 60.7 Å². The van der Waals surface area contributed by atoms with E-state index < -0.39 is 0 Å². The number of hydrogen-bond acceptors (Lipinski definition) is 4. The smallest absolute Gasteiger partial charge is 0.319 e. The van der Waals surface area contributed by atoms with Crippen LogP contribution < -0.4 is 16.0 Å². The zero-order valence-corrected chi connectivity index (χ0v) is 16.2. The fraction of sp³-hybridized carbons (Fsp3) is 0.0455. The van der Waals surface area contributed by atoms with Crippen molar-refractivity contribution in [3.63, 3.8) is 0 Å². The van der Waals surface area contributed by atoms with Crippen LogP contribution in [-0.2, 0) is 6.54 Å². The summed E-state index contributed by atoms with van der Waals surface area (Å²) in [5.41, 5.74) is 3.02. The topological polar surface area (TPSA) is 83.1 Å². The van der Waals surface area contributed by atoms with Crippen LogP contribution in [0.3, 0.4) is 0 Å². The van der Waals surface area contributed by atoms with E-state index in [1.54, 1.807) is 18.2 Å². The molecule has 0 aliphatic carbocycles. The van der Waals surface area contributed by atoms with Gasteiger partial charge in [-0.2, -0.15) is 0 Å². The fourth-order valence-corrected chi connectivity index (χ4v) is 3.67. The lowest BCUT2D eigenvalue weighted by Gasteiger charge is -2.07. The van der Waals surface area contributed by atoms with Gasteiger partial charge in [-0.3, -0.25) is 10.1 Å². The number of carbonyl (C=O) groups excluding carboxylic acids is 2. The summed E-state index contributed by atoms with van der Waals surface area (Å²) in [4.78, 5) is 28.9. The molecule has 3 aromatic carbocycles. The second-order valence-corrected chi connectivity index (χ2v) is 7.35. The van der Waals surface area contributed by atoms with Crippen LogP contribution in [-0.4, -0.2) is 16.9 Å². The van der Waals surface area contributed by atoms with E-state index in [1.165, 1.54) is 11.3 Å². The van der Waals surface area contributed by atoms with E-state index >= 15 is 0 Å². The van der Waals surface area contributed by atoms with Gasteiger partial charge in [0.15, 0.2) is 5.13 Å². The van der Waals surface area contributed by atoms with Gasteiger partial charge in [0.05, 0.1) is 10.2 Å². The van der Waals surface area contributed by atoms with Gasteiger partial charge in [-0.1, -0.05) is 59.9 Å². The Labute approximate surface area is 171 Å². The van der Waals surface area contributed by atoms with Crippen molar-refractivity contribution in [2.75, 3.05) is 10.6 Å². The van der Waals surface area contributed by atoms with Gasteiger partial charge in [0.1, 0.15) is 0 Å². The Kier molecular flexibility index (Phi) is 5.49. The molecule has 3 amide bonds. The highest BCUT2D eigenvalue weighted by molar-refractivity contribution is 7.22. The molecule has 1 aromatic heterocycles. The fourth-order valence-electron chi connectivity index (χ4n) is 2.77. The number of benzene rings is 3. The molecule has 0 bridgehead atoms. The highest BCUT2D eigenvalue weighted by Crippen LogP contribution is 2.28. The number of aromatic nitrogens is 1. The summed E-state index contributed by atoms with van der Waals surface area (Å²) in [6.45, 7) is 0.450. The van der Waals surface area contributed by atoms with Crippen LogP contribution in [0.5, 0.6) is 0 Å². The highest BCUT2D eigenvalue weighted by Gasteiger charge is 2.10. The molecule has 7 heteroatoms. The summed E-state index contributed by atoms with van der Waals surface area (Å²) in [6.07, 6.45) is 0. The van der Waals surface area contributed by atoms with Crippen LogP contribution in [0.1, 0.15) is 15.9 Å². The predicted molar refractivity (Wildman–Crippen MR) is 116 cm³/mol. The maximum Gasteiger partial charge on any atom is 0.319 e. The predicted octanol–water partition coefficient (Wildman–Crippen LogP) is 4.87. The van der Waals surface area contributed by atoms with E-state index in [9.17, 15) is 9.59 Å². The Morgan fingerprint density at radius 2 is 1.59 bits per heavy atom. The van der Waals surface area contributed by atoms with E-state index in [4.69, 9.17) is 0 Å². The second-order valence-electron chi connectivity index (χ2n) is 6.31. The maximum absolute atomic E-state index is 12.3. The molecule has 0 radical (unpaired) electrons. The minimum absolute atomic E-state index is 0.205. The van der Waals surface area contributed by atoms with Crippen LogP contribution in [0.4, 0.5) is 15.6 Å². The molecule has 4 rings (SSSR count). The number of urea groups is 1. The number of carbonyl (C=O) groups is 2. The SMILES string of the molecule is O=C(NCc1ccccc1)Nc1ccc2nc(NC(=O)c3ccccc3)sc2c1. The number of nitrogens with one attached hydrogen (secondary N) is 3. The number of thiazole rings is 1. The van der Waals surface area contributed by atoms with Crippen molar-refractivity contribution >= 4 is 44.3 Å². The lowest BCUT2D eigenvalue weighted by molar-refractivity contribution is 0.102. The number of fused-ring (bicyclic) bond motifs is 1. The maximum atomic E-state index is 12.3. The molecule has 0 fully saturated rings. The Morgan fingerprint density at radius 3 is 2.34 bits per heavy atom. The van der Waals surface area contributed by atoms with Gasteiger partial charge in [0.25, 0.3) is 5.91 Å². The molecule has 0 saturated carbocycles. The van der Waals surface area contributed by atoms with Crippen LogP contribution in [0, 0.1) is 0 Å². The van der Waals surface area contributed by atoms with Gasteiger partial charge in [-0.25, -0.2) is 9.78 Å². The Morgan fingerprint density at radius 1 is 0.862 bits per heavy atom. The van der Waals surface area contributed by atoms with Crippen molar-refractivity contribution in [1.29, 1.82) is 0 Å². The summed E-state index contributed by atoms with van der Waals surface area (Å²) < 4.78 is 0.870. The summed E-state index contributed by atoms with van der Waals surface area (Å²) in [7, 11) is 0. The largest absolute Gasteiger partial charge is 0.334 e. The molecule has 6 nitrogen and oxygen atoms in total. The van der Waals surface area contributed by atoms with E-state index in [0.717, 1.165) is 15.8 Å². The van der Waals surface area contributed by atoms with Gasteiger partial charge >= 0.3 is 6.03 Å². The molecule has 0 aliphatic heterocycles. The van der Waals surface area contributed by atoms with Crippen molar-refractivity contribution in [2.24, 2.45) is 0 Å². The zero-order chi connectivity index (χ0) is 20.1. The quantitative estimate of drug-likeness (QED) is 0.445. The van der Waals surface area contributed by atoms with Gasteiger partial charge in [0, 0.05) is 17.8 Å². The Bertz CT molecular complexity index is 1140. The number of amides is 3. The number of rotatable bonds is 5. The summed E-state index contributed by atoms with van der Waals surface area (Å²) >= 11 is 1.36. The molecule has 4 aromatic rings. The van der Waals surface area contributed by atoms with Crippen molar-refractivity contribution in [3.05, 3.63) is 90.0 Å². The first kappa shape index (κ1) is 18.6. The average Bonchev–Trinajstić information content (AvgIpc) is 3.15. The summed E-state index contributed by atoms with van der Waals surface area (Å²) in [6, 6.07) is 23.8. The average molecular weight is 402 g/mol. The molecule has 0 unspecified atom stereocenters. The molecule has 1 heterocycles. The number of anilines is 2. The third kappa shape index (κ3) is 4.77. The molecule has 0 spiro atoms. The van der Waals surface area contributed by atoms with Crippen molar-refractivity contribution in [1.82, 2.24) is 10.3 Å². The molecule has 3 N–H and O–H groups in total. The second kappa shape index (κ2) is 8.53. The van der Waals surface area contributed by atoms with Gasteiger partial charge in [0.2, 0.25) is 0 Å². The summed E-state index contributed by atoms with van der Waals surface area (Å²) in [5.74, 6) is -0.205. The van der Waals surface area contributed by atoms with E-state index in [0.29, 0.717) is 22.9 Å². The molecule has 29 heavy (non-hydrogen) atoms. The lowest BCUT2D eigenvalue weighted by atomic mass is 10.2. The first-order chi connectivity index (χ1) is 14.2. The van der Waals surface area contributed by atoms with Crippen molar-refractivity contribution in [3.8, 4) is 0 Å². The molecular formula is C22H18N4O2S. The van der Waals surface area contributed by atoms with Gasteiger partial charge < -0.3 is 10.6 Å².